The zero-order valence-electron chi connectivity index (χ0n) is 15.0. The van der Waals surface area contributed by atoms with Crippen LogP contribution >= 0.6 is 11.8 Å². The average molecular weight is 355 g/mol. The number of amides is 1. The van der Waals surface area contributed by atoms with E-state index in [1.807, 2.05) is 36.4 Å². The first-order valence-electron chi connectivity index (χ1n) is 9.05. The topological polar surface area (TPSA) is 32.3 Å². The van der Waals surface area contributed by atoms with Gasteiger partial charge in [-0.25, -0.2) is 0 Å². The molecule has 1 saturated heterocycles. The van der Waals surface area contributed by atoms with Gasteiger partial charge < -0.3 is 10.2 Å². The number of nitrogens with zero attached hydrogens (tertiary/aromatic N) is 1. The lowest BCUT2D eigenvalue weighted by Gasteiger charge is -2.28. The molecular weight excluding hydrogens is 328 g/mol. The van der Waals surface area contributed by atoms with Crippen molar-refractivity contribution in [2.75, 3.05) is 23.3 Å². The fourth-order valence-corrected chi connectivity index (χ4v) is 4.07. The average Bonchev–Trinajstić information content (AvgIpc) is 2.63. The Morgan fingerprint density at radius 2 is 1.68 bits per heavy atom. The molecule has 3 rings (SSSR count). The fraction of sp³-hybridized carbons (Fsp3) is 0.381. The van der Waals surface area contributed by atoms with E-state index in [0.717, 1.165) is 29.2 Å². The predicted octanol–water partition coefficient (Wildman–Crippen LogP) is 5.43. The maximum absolute atomic E-state index is 12.7. The zero-order valence-corrected chi connectivity index (χ0v) is 15.8. The van der Waals surface area contributed by atoms with E-state index in [9.17, 15) is 4.79 Å². The van der Waals surface area contributed by atoms with Crippen LogP contribution in [0.3, 0.4) is 0 Å². The SMILES string of the molecule is CC(C)Sc1ccccc1C(=O)Nc1ccc(N2CCCCC2)cc1. The van der Waals surface area contributed by atoms with E-state index in [-0.39, 0.29) is 5.91 Å². The maximum Gasteiger partial charge on any atom is 0.256 e. The quantitative estimate of drug-likeness (QED) is 0.727. The normalized spacial score (nSPS) is 14.6. The van der Waals surface area contributed by atoms with E-state index in [0.29, 0.717) is 5.25 Å². The van der Waals surface area contributed by atoms with Crippen LogP contribution in [0.5, 0.6) is 0 Å². The van der Waals surface area contributed by atoms with E-state index in [1.54, 1.807) is 11.8 Å². The summed E-state index contributed by atoms with van der Waals surface area (Å²) in [6, 6.07) is 16.0. The Balaban J connectivity index is 1.69. The molecule has 0 atom stereocenters. The number of hydrogen-bond donors (Lipinski definition) is 1. The smallest absolute Gasteiger partial charge is 0.256 e. The molecule has 0 aromatic heterocycles. The minimum atomic E-state index is -0.0468. The largest absolute Gasteiger partial charge is 0.372 e. The zero-order chi connectivity index (χ0) is 17.6. The third-order valence-corrected chi connectivity index (χ3v) is 5.42. The third kappa shape index (κ3) is 4.79. The molecule has 2 aromatic carbocycles. The molecule has 0 saturated carbocycles. The third-order valence-electron chi connectivity index (χ3n) is 4.34. The number of carbonyl (C=O) groups excluding carboxylic acids is 1. The van der Waals surface area contributed by atoms with Gasteiger partial charge in [0.25, 0.3) is 5.91 Å². The van der Waals surface area contributed by atoms with Crippen LogP contribution in [-0.2, 0) is 0 Å². The number of rotatable bonds is 5. The van der Waals surface area contributed by atoms with E-state index in [1.165, 1.54) is 24.9 Å². The summed E-state index contributed by atoms with van der Waals surface area (Å²) in [5.74, 6) is -0.0468. The van der Waals surface area contributed by atoms with Crippen LogP contribution in [0.4, 0.5) is 11.4 Å². The number of anilines is 2. The van der Waals surface area contributed by atoms with Crippen molar-refractivity contribution in [3.05, 3.63) is 54.1 Å². The first-order valence-corrected chi connectivity index (χ1v) is 9.93. The van der Waals surface area contributed by atoms with Gasteiger partial charge in [0.1, 0.15) is 0 Å². The van der Waals surface area contributed by atoms with Gasteiger partial charge in [0.05, 0.1) is 5.56 Å². The molecule has 1 N–H and O–H groups in total. The number of thioether (sulfide) groups is 1. The summed E-state index contributed by atoms with van der Waals surface area (Å²) in [7, 11) is 0. The van der Waals surface area contributed by atoms with Crippen LogP contribution in [-0.4, -0.2) is 24.2 Å². The van der Waals surface area contributed by atoms with Gasteiger partial charge in [-0.3, -0.25) is 4.79 Å². The Hall–Kier alpha value is -1.94. The maximum atomic E-state index is 12.7. The summed E-state index contributed by atoms with van der Waals surface area (Å²) in [4.78, 5) is 16.1. The monoisotopic (exact) mass is 354 g/mol. The van der Waals surface area contributed by atoms with E-state index >= 15 is 0 Å². The molecule has 132 valence electrons. The van der Waals surface area contributed by atoms with Gasteiger partial charge in [0.2, 0.25) is 0 Å². The fourth-order valence-electron chi connectivity index (χ4n) is 3.12. The van der Waals surface area contributed by atoms with Gasteiger partial charge in [0, 0.05) is 34.6 Å². The molecule has 1 amide bonds. The van der Waals surface area contributed by atoms with Crippen LogP contribution < -0.4 is 10.2 Å². The highest BCUT2D eigenvalue weighted by atomic mass is 32.2. The molecule has 1 fully saturated rings. The van der Waals surface area contributed by atoms with Crippen molar-refractivity contribution in [1.29, 1.82) is 0 Å². The summed E-state index contributed by atoms with van der Waals surface area (Å²) in [6.07, 6.45) is 3.87. The van der Waals surface area contributed by atoms with Crippen molar-refractivity contribution in [2.45, 2.75) is 43.3 Å². The summed E-state index contributed by atoms with van der Waals surface area (Å²) in [6.45, 7) is 6.54. The highest BCUT2D eigenvalue weighted by Gasteiger charge is 2.14. The Morgan fingerprint density at radius 1 is 1.00 bits per heavy atom. The Labute approximate surface area is 154 Å². The second-order valence-electron chi connectivity index (χ2n) is 6.71. The molecule has 2 aromatic rings. The summed E-state index contributed by atoms with van der Waals surface area (Å²) in [5, 5.41) is 3.47. The van der Waals surface area contributed by atoms with Gasteiger partial charge in [-0.2, -0.15) is 0 Å². The van der Waals surface area contributed by atoms with Crippen LogP contribution in [0, 0.1) is 0 Å². The Bertz CT molecular complexity index is 706. The van der Waals surface area contributed by atoms with E-state index in [4.69, 9.17) is 0 Å². The molecular formula is C21H26N2OS. The number of carbonyl (C=O) groups is 1. The lowest BCUT2D eigenvalue weighted by atomic mass is 10.1. The highest BCUT2D eigenvalue weighted by Crippen LogP contribution is 2.27. The second-order valence-corrected chi connectivity index (χ2v) is 8.33. The molecule has 0 unspecified atom stereocenters. The van der Waals surface area contributed by atoms with Crippen molar-refractivity contribution < 1.29 is 4.79 Å². The number of piperidine rings is 1. The molecule has 1 heterocycles. The van der Waals surface area contributed by atoms with Crippen LogP contribution in [0.2, 0.25) is 0 Å². The van der Waals surface area contributed by atoms with Crippen LogP contribution in [0.15, 0.2) is 53.4 Å². The van der Waals surface area contributed by atoms with Crippen LogP contribution in [0.25, 0.3) is 0 Å². The van der Waals surface area contributed by atoms with Crippen molar-refractivity contribution in [3.63, 3.8) is 0 Å². The predicted molar refractivity (Wildman–Crippen MR) is 108 cm³/mol. The summed E-state index contributed by atoms with van der Waals surface area (Å²) < 4.78 is 0. The number of benzene rings is 2. The molecule has 25 heavy (non-hydrogen) atoms. The highest BCUT2D eigenvalue weighted by molar-refractivity contribution is 8.00. The molecule has 0 radical (unpaired) electrons. The number of nitrogens with one attached hydrogen (secondary N) is 1. The van der Waals surface area contributed by atoms with Crippen molar-refractivity contribution >= 4 is 29.0 Å². The Morgan fingerprint density at radius 3 is 2.36 bits per heavy atom. The molecule has 3 nitrogen and oxygen atoms in total. The number of hydrogen-bond acceptors (Lipinski definition) is 3. The molecule has 4 heteroatoms. The lowest BCUT2D eigenvalue weighted by Crippen LogP contribution is -2.29. The van der Waals surface area contributed by atoms with Gasteiger partial charge in [-0.05, 0) is 55.7 Å². The first kappa shape index (κ1) is 17.9. The standard InChI is InChI=1S/C21H26N2OS/c1-16(2)25-20-9-5-4-8-19(20)21(24)22-17-10-12-18(13-11-17)23-14-6-3-7-15-23/h4-5,8-13,16H,3,6-7,14-15H2,1-2H3,(H,22,24). The van der Waals surface area contributed by atoms with Gasteiger partial charge >= 0.3 is 0 Å². The molecule has 1 aliphatic heterocycles. The molecule has 0 spiro atoms. The van der Waals surface area contributed by atoms with Crippen molar-refractivity contribution in [2.24, 2.45) is 0 Å². The van der Waals surface area contributed by atoms with Gasteiger partial charge in [-0.15, -0.1) is 11.8 Å². The molecule has 0 aliphatic carbocycles. The van der Waals surface area contributed by atoms with Gasteiger partial charge in [-0.1, -0.05) is 26.0 Å². The molecule has 1 aliphatic rings. The minimum absolute atomic E-state index is 0.0468. The van der Waals surface area contributed by atoms with E-state index < -0.39 is 0 Å². The van der Waals surface area contributed by atoms with Crippen LogP contribution in [0.1, 0.15) is 43.5 Å². The van der Waals surface area contributed by atoms with E-state index in [2.05, 4.69) is 36.2 Å². The lowest BCUT2D eigenvalue weighted by molar-refractivity contribution is 0.102. The minimum Gasteiger partial charge on any atom is -0.372 e. The second kappa shape index (κ2) is 8.43. The Kier molecular flexibility index (Phi) is 6.03. The molecule has 0 bridgehead atoms. The van der Waals surface area contributed by atoms with Crippen molar-refractivity contribution in [3.8, 4) is 0 Å². The van der Waals surface area contributed by atoms with Crippen molar-refractivity contribution in [1.82, 2.24) is 0 Å². The summed E-state index contributed by atoms with van der Waals surface area (Å²) >= 11 is 1.72. The van der Waals surface area contributed by atoms with Gasteiger partial charge in [0.15, 0.2) is 0 Å². The first-order chi connectivity index (χ1) is 12.1. The summed E-state index contributed by atoms with van der Waals surface area (Å²) in [5.41, 5.74) is 2.82.